The van der Waals surface area contributed by atoms with Crippen LogP contribution in [-0.4, -0.2) is 30.8 Å². The highest BCUT2D eigenvalue weighted by atomic mass is 32.2. The molecule has 0 aliphatic carbocycles. The van der Waals surface area contributed by atoms with E-state index in [2.05, 4.69) is 15.5 Å². The number of H-pyrrole nitrogens is 1. The van der Waals surface area contributed by atoms with Gasteiger partial charge in [-0.1, -0.05) is 6.92 Å². The van der Waals surface area contributed by atoms with Gasteiger partial charge in [0.25, 0.3) is 5.91 Å². The number of aromatic amines is 1. The molecule has 1 amide bonds. The van der Waals surface area contributed by atoms with Gasteiger partial charge in [-0.25, -0.2) is 8.42 Å². The number of nitrogens with zero attached hydrogens (tertiary/aromatic N) is 1. The van der Waals surface area contributed by atoms with Crippen LogP contribution in [0.3, 0.4) is 0 Å². The number of nitrogen functional groups attached to an aromatic ring is 1. The molecule has 0 atom stereocenters. The summed E-state index contributed by atoms with van der Waals surface area (Å²) in [5.41, 5.74) is 6.90. The van der Waals surface area contributed by atoms with E-state index in [0.717, 1.165) is 18.4 Å². The number of anilines is 2. The van der Waals surface area contributed by atoms with Gasteiger partial charge in [0.1, 0.15) is 0 Å². The number of carbonyl (C=O) groups excluding carboxylic acids is 1. The molecule has 2 aromatic rings. The minimum atomic E-state index is -3.44. The van der Waals surface area contributed by atoms with E-state index in [-0.39, 0.29) is 16.1 Å². The topological polar surface area (TPSA) is 118 Å². The van der Waals surface area contributed by atoms with Crippen LogP contribution in [0.5, 0.6) is 0 Å². The van der Waals surface area contributed by atoms with E-state index in [1.54, 1.807) is 6.07 Å². The van der Waals surface area contributed by atoms with Crippen LogP contribution in [-0.2, 0) is 16.3 Å². The average Bonchev–Trinajstić information content (AvgIpc) is 2.84. The van der Waals surface area contributed by atoms with E-state index in [0.29, 0.717) is 5.82 Å². The highest BCUT2D eigenvalue weighted by Crippen LogP contribution is 2.18. The standard InChI is InChI=1S/C13H16N4O3S/c1-3-10-7-12(17-16-10)15-13(18)8-4-9(14)6-11(5-8)21(2,19)20/h4-7H,3,14H2,1-2H3,(H2,15,16,17,18). The van der Waals surface area contributed by atoms with Crippen LogP contribution in [0.2, 0.25) is 0 Å². The number of nitrogens with one attached hydrogen (secondary N) is 2. The molecule has 0 unspecified atom stereocenters. The first kappa shape index (κ1) is 15.0. The van der Waals surface area contributed by atoms with E-state index in [1.807, 2.05) is 6.92 Å². The van der Waals surface area contributed by atoms with Crippen LogP contribution in [0.4, 0.5) is 11.5 Å². The number of hydrogen-bond acceptors (Lipinski definition) is 5. The van der Waals surface area contributed by atoms with Gasteiger partial charge < -0.3 is 11.1 Å². The summed E-state index contributed by atoms with van der Waals surface area (Å²) in [7, 11) is -3.44. The van der Waals surface area contributed by atoms with Crippen LogP contribution in [0.1, 0.15) is 23.0 Å². The highest BCUT2D eigenvalue weighted by molar-refractivity contribution is 7.90. The number of benzene rings is 1. The Hall–Kier alpha value is -2.35. The van der Waals surface area contributed by atoms with Gasteiger partial charge in [0.15, 0.2) is 15.7 Å². The highest BCUT2D eigenvalue weighted by Gasteiger charge is 2.14. The van der Waals surface area contributed by atoms with Crippen molar-refractivity contribution in [2.24, 2.45) is 0 Å². The summed E-state index contributed by atoms with van der Waals surface area (Å²) in [4.78, 5) is 12.1. The van der Waals surface area contributed by atoms with Crippen molar-refractivity contribution in [1.82, 2.24) is 10.2 Å². The van der Waals surface area contributed by atoms with Gasteiger partial charge in [0.2, 0.25) is 0 Å². The Morgan fingerprint density at radius 3 is 2.62 bits per heavy atom. The third-order valence-electron chi connectivity index (χ3n) is 2.87. The van der Waals surface area contributed by atoms with Gasteiger partial charge in [0.05, 0.1) is 4.90 Å². The molecule has 0 spiro atoms. The number of amides is 1. The first-order chi connectivity index (χ1) is 9.79. The maximum Gasteiger partial charge on any atom is 0.256 e. The largest absolute Gasteiger partial charge is 0.399 e. The van der Waals surface area contributed by atoms with E-state index < -0.39 is 15.7 Å². The summed E-state index contributed by atoms with van der Waals surface area (Å²) >= 11 is 0. The second kappa shape index (κ2) is 5.57. The summed E-state index contributed by atoms with van der Waals surface area (Å²) in [5.74, 6) is -0.0958. The fourth-order valence-corrected chi connectivity index (χ4v) is 2.45. The van der Waals surface area contributed by atoms with Crippen molar-refractivity contribution in [2.45, 2.75) is 18.2 Å². The Morgan fingerprint density at radius 2 is 2.05 bits per heavy atom. The Morgan fingerprint density at radius 1 is 1.33 bits per heavy atom. The van der Waals surface area contributed by atoms with Crippen LogP contribution in [0.15, 0.2) is 29.2 Å². The molecule has 21 heavy (non-hydrogen) atoms. The molecule has 1 heterocycles. The van der Waals surface area contributed by atoms with E-state index in [4.69, 9.17) is 5.73 Å². The number of aryl methyl sites for hydroxylation is 1. The normalized spacial score (nSPS) is 11.3. The number of aromatic nitrogens is 2. The smallest absolute Gasteiger partial charge is 0.256 e. The third kappa shape index (κ3) is 3.60. The molecule has 112 valence electrons. The van der Waals surface area contributed by atoms with Gasteiger partial charge in [0, 0.05) is 29.3 Å². The Kier molecular flexibility index (Phi) is 3.99. The van der Waals surface area contributed by atoms with E-state index in [9.17, 15) is 13.2 Å². The van der Waals surface area contributed by atoms with Gasteiger partial charge in [-0.2, -0.15) is 5.10 Å². The van der Waals surface area contributed by atoms with Crippen LogP contribution >= 0.6 is 0 Å². The molecule has 0 saturated heterocycles. The Balaban J connectivity index is 2.29. The minimum Gasteiger partial charge on any atom is -0.399 e. The molecule has 8 heteroatoms. The number of sulfone groups is 1. The van der Waals surface area contributed by atoms with Gasteiger partial charge in [-0.15, -0.1) is 0 Å². The van der Waals surface area contributed by atoms with Crippen LogP contribution < -0.4 is 11.1 Å². The molecule has 0 aliphatic heterocycles. The predicted octanol–water partition coefficient (Wildman–Crippen LogP) is 1.21. The summed E-state index contributed by atoms with van der Waals surface area (Å²) < 4.78 is 23.1. The summed E-state index contributed by atoms with van der Waals surface area (Å²) in [6.45, 7) is 1.95. The minimum absolute atomic E-state index is 0.00363. The number of nitrogens with two attached hydrogens (primary N) is 1. The van der Waals surface area contributed by atoms with Crippen molar-refractivity contribution in [3.8, 4) is 0 Å². The van der Waals surface area contributed by atoms with E-state index in [1.165, 1.54) is 18.2 Å². The SMILES string of the molecule is CCc1cc(NC(=O)c2cc(N)cc(S(C)(=O)=O)c2)n[nH]1. The van der Waals surface area contributed by atoms with Crippen molar-refractivity contribution in [3.63, 3.8) is 0 Å². The van der Waals surface area contributed by atoms with Crippen molar-refractivity contribution in [3.05, 3.63) is 35.5 Å². The number of carbonyl (C=O) groups is 1. The van der Waals surface area contributed by atoms with Gasteiger partial charge in [-0.3, -0.25) is 9.89 Å². The predicted molar refractivity (Wildman–Crippen MR) is 79.9 cm³/mol. The maximum absolute atomic E-state index is 12.1. The zero-order valence-electron chi connectivity index (χ0n) is 11.7. The zero-order valence-corrected chi connectivity index (χ0v) is 12.5. The van der Waals surface area contributed by atoms with Gasteiger partial charge in [-0.05, 0) is 24.6 Å². The van der Waals surface area contributed by atoms with Crippen molar-refractivity contribution in [2.75, 3.05) is 17.3 Å². The fraction of sp³-hybridized carbons (Fsp3) is 0.231. The first-order valence-corrected chi connectivity index (χ1v) is 8.15. The van der Waals surface area contributed by atoms with Crippen molar-refractivity contribution in [1.29, 1.82) is 0 Å². The lowest BCUT2D eigenvalue weighted by Crippen LogP contribution is -2.13. The molecular weight excluding hydrogens is 292 g/mol. The molecular formula is C13H16N4O3S. The lowest BCUT2D eigenvalue weighted by atomic mass is 10.2. The summed E-state index contributed by atoms with van der Waals surface area (Å²) in [5, 5.41) is 9.30. The van der Waals surface area contributed by atoms with Crippen molar-refractivity contribution >= 4 is 27.2 Å². The van der Waals surface area contributed by atoms with Crippen molar-refractivity contribution < 1.29 is 13.2 Å². The quantitative estimate of drug-likeness (QED) is 0.734. The Labute approximate surface area is 122 Å². The zero-order chi connectivity index (χ0) is 15.6. The molecule has 2 rings (SSSR count). The molecule has 0 radical (unpaired) electrons. The third-order valence-corrected chi connectivity index (χ3v) is 3.96. The molecule has 7 nitrogen and oxygen atoms in total. The second-order valence-corrected chi connectivity index (χ2v) is 6.66. The van der Waals surface area contributed by atoms with Crippen LogP contribution in [0.25, 0.3) is 0 Å². The molecule has 0 bridgehead atoms. The van der Waals surface area contributed by atoms with E-state index >= 15 is 0 Å². The number of rotatable bonds is 4. The maximum atomic E-state index is 12.1. The lowest BCUT2D eigenvalue weighted by molar-refractivity contribution is 0.102. The van der Waals surface area contributed by atoms with Gasteiger partial charge >= 0.3 is 0 Å². The second-order valence-electron chi connectivity index (χ2n) is 4.65. The molecule has 0 saturated carbocycles. The average molecular weight is 308 g/mol. The first-order valence-electron chi connectivity index (χ1n) is 6.26. The monoisotopic (exact) mass is 308 g/mol. The van der Waals surface area contributed by atoms with Crippen LogP contribution in [0, 0.1) is 0 Å². The molecule has 1 aromatic heterocycles. The molecule has 4 N–H and O–H groups in total. The number of hydrogen-bond donors (Lipinski definition) is 3. The summed E-state index contributed by atoms with van der Waals surface area (Å²) in [6, 6.07) is 5.73. The molecule has 0 fully saturated rings. The molecule has 1 aromatic carbocycles. The fourth-order valence-electron chi connectivity index (χ4n) is 1.76. The Bertz CT molecular complexity index is 780. The molecule has 0 aliphatic rings. The lowest BCUT2D eigenvalue weighted by Gasteiger charge is -2.06. The summed E-state index contributed by atoms with van der Waals surface area (Å²) in [6.07, 6.45) is 1.82.